The molecule has 4 heteroatoms. The van der Waals surface area contributed by atoms with Gasteiger partial charge in [0.15, 0.2) is 5.92 Å². The molecule has 1 aromatic rings. The standard InChI is InChI=1S/C15H16O4/c1-3-10-9-12(14(16)18-2)15(17)19-13(10)11-7-5-4-6-8-11/h3-8,10,12-13H,1,9H2,2H3/t10-,12?,13-/m0/s1. The Kier molecular flexibility index (Phi) is 4.00. The summed E-state index contributed by atoms with van der Waals surface area (Å²) >= 11 is 0. The van der Waals surface area contributed by atoms with Crippen LogP contribution in [0.2, 0.25) is 0 Å². The van der Waals surface area contributed by atoms with E-state index in [2.05, 4.69) is 11.3 Å². The number of carbonyl (C=O) groups is 2. The summed E-state index contributed by atoms with van der Waals surface area (Å²) < 4.78 is 10.0. The first-order chi connectivity index (χ1) is 9.17. The minimum Gasteiger partial charge on any atom is -0.468 e. The minimum atomic E-state index is -0.854. The molecule has 1 unspecified atom stereocenters. The van der Waals surface area contributed by atoms with Gasteiger partial charge in [0.1, 0.15) is 6.10 Å². The molecule has 0 N–H and O–H groups in total. The SMILES string of the molecule is C=C[C@H]1CC(C(=O)OC)C(=O)O[C@@H]1c1ccccc1. The maximum absolute atomic E-state index is 11.9. The van der Waals surface area contributed by atoms with E-state index in [4.69, 9.17) is 4.74 Å². The van der Waals surface area contributed by atoms with Crippen molar-refractivity contribution in [3.05, 3.63) is 48.6 Å². The van der Waals surface area contributed by atoms with E-state index in [-0.39, 0.29) is 12.0 Å². The van der Waals surface area contributed by atoms with Gasteiger partial charge in [-0.15, -0.1) is 6.58 Å². The Hall–Kier alpha value is -2.10. The van der Waals surface area contributed by atoms with Gasteiger partial charge >= 0.3 is 11.9 Å². The molecule has 0 radical (unpaired) electrons. The Bertz CT molecular complexity index is 480. The lowest BCUT2D eigenvalue weighted by Crippen LogP contribution is -2.37. The van der Waals surface area contributed by atoms with Crippen LogP contribution in [0.4, 0.5) is 0 Å². The van der Waals surface area contributed by atoms with Crippen LogP contribution in [0.1, 0.15) is 18.1 Å². The van der Waals surface area contributed by atoms with Crippen LogP contribution in [0.15, 0.2) is 43.0 Å². The first-order valence-corrected chi connectivity index (χ1v) is 6.13. The van der Waals surface area contributed by atoms with Crippen LogP contribution < -0.4 is 0 Å². The summed E-state index contributed by atoms with van der Waals surface area (Å²) in [6.45, 7) is 3.76. The van der Waals surface area contributed by atoms with E-state index >= 15 is 0 Å². The second-order valence-corrected chi connectivity index (χ2v) is 4.48. The molecule has 1 heterocycles. The first-order valence-electron chi connectivity index (χ1n) is 6.13. The van der Waals surface area contributed by atoms with Crippen molar-refractivity contribution >= 4 is 11.9 Å². The predicted molar refractivity (Wildman–Crippen MR) is 69.1 cm³/mol. The zero-order chi connectivity index (χ0) is 13.8. The van der Waals surface area contributed by atoms with Gasteiger partial charge in [-0.25, -0.2) is 0 Å². The van der Waals surface area contributed by atoms with Gasteiger partial charge < -0.3 is 9.47 Å². The molecule has 1 saturated heterocycles. The van der Waals surface area contributed by atoms with Crippen LogP contribution in [-0.2, 0) is 19.1 Å². The van der Waals surface area contributed by atoms with Crippen LogP contribution in [0, 0.1) is 11.8 Å². The molecule has 1 aliphatic rings. The highest BCUT2D eigenvalue weighted by Gasteiger charge is 2.41. The maximum Gasteiger partial charge on any atom is 0.320 e. The number of esters is 2. The molecule has 0 spiro atoms. The zero-order valence-corrected chi connectivity index (χ0v) is 10.7. The third-order valence-electron chi connectivity index (χ3n) is 3.34. The fraction of sp³-hybridized carbons (Fsp3) is 0.333. The first kappa shape index (κ1) is 13.3. The van der Waals surface area contributed by atoms with Gasteiger partial charge in [-0.3, -0.25) is 9.59 Å². The summed E-state index contributed by atoms with van der Waals surface area (Å²) in [6, 6.07) is 9.46. The molecule has 2 rings (SSSR count). The molecule has 0 aromatic heterocycles. The number of ether oxygens (including phenoxy) is 2. The molecule has 1 fully saturated rings. The van der Waals surface area contributed by atoms with Crippen molar-refractivity contribution in [1.29, 1.82) is 0 Å². The lowest BCUT2D eigenvalue weighted by Gasteiger charge is -2.32. The number of hydrogen-bond donors (Lipinski definition) is 0. The molecule has 19 heavy (non-hydrogen) atoms. The van der Waals surface area contributed by atoms with E-state index in [1.165, 1.54) is 7.11 Å². The van der Waals surface area contributed by atoms with E-state index in [9.17, 15) is 9.59 Å². The molecule has 100 valence electrons. The summed E-state index contributed by atoms with van der Waals surface area (Å²) in [7, 11) is 1.27. The number of cyclic esters (lactones) is 1. The summed E-state index contributed by atoms with van der Waals surface area (Å²) in [6.07, 6.45) is 1.71. The highest BCUT2D eigenvalue weighted by molar-refractivity contribution is 5.95. The van der Waals surface area contributed by atoms with Crippen molar-refractivity contribution in [2.24, 2.45) is 11.8 Å². The molecule has 1 aliphatic heterocycles. The van der Waals surface area contributed by atoms with Crippen LogP contribution >= 0.6 is 0 Å². The minimum absolute atomic E-state index is 0.0933. The molecule has 4 nitrogen and oxygen atoms in total. The second-order valence-electron chi connectivity index (χ2n) is 4.48. The fourth-order valence-electron chi connectivity index (χ4n) is 2.30. The fourth-order valence-corrected chi connectivity index (χ4v) is 2.30. The lowest BCUT2D eigenvalue weighted by atomic mass is 9.84. The number of hydrogen-bond acceptors (Lipinski definition) is 4. The zero-order valence-electron chi connectivity index (χ0n) is 10.7. The Labute approximate surface area is 112 Å². The monoisotopic (exact) mass is 260 g/mol. The van der Waals surface area contributed by atoms with Crippen molar-refractivity contribution in [2.45, 2.75) is 12.5 Å². The van der Waals surface area contributed by atoms with Crippen molar-refractivity contribution in [1.82, 2.24) is 0 Å². The van der Waals surface area contributed by atoms with E-state index in [0.29, 0.717) is 6.42 Å². The highest BCUT2D eigenvalue weighted by Crippen LogP contribution is 2.37. The quantitative estimate of drug-likeness (QED) is 0.475. The van der Waals surface area contributed by atoms with Crippen molar-refractivity contribution < 1.29 is 19.1 Å². The van der Waals surface area contributed by atoms with Crippen molar-refractivity contribution in [3.63, 3.8) is 0 Å². The Morgan fingerprint density at radius 3 is 2.68 bits per heavy atom. The van der Waals surface area contributed by atoms with E-state index in [1.54, 1.807) is 6.08 Å². The van der Waals surface area contributed by atoms with E-state index < -0.39 is 17.9 Å². The maximum atomic E-state index is 11.9. The molecule has 0 aliphatic carbocycles. The predicted octanol–water partition coefficient (Wildman–Crippen LogP) is 2.27. The molecule has 0 amide bonds. The van der Waals surface area contributed by atoms with Gasteiger partial charge in [-0.1, -0.05) is 36.4 Å². The Morgan fingerprint density at radius 1 is 1.42 bits per heavy atom. The van der Waals surface area contributed by atoms with Gasteiger partial charge in [-0.05, 0) is 12.0 Å². The number of methoxy groups -OCH3 is 1. The summed E-state index contributed by atoms with van der Waals surface area (Å²) in [5.74, 6) is -2.03. The van der Waals surface area contributed by atoms with Crippen molar-refractivity contribution in [2.75, 3.05) is 7.11 Å². The third-order valence-corrected chi connectivity index (χ3v) is 3.34. The highest BCUT2D eigenvalue weighted by atomic mass is 16.6. The Balaban J connectivity index is 2.23. The average Bonchev–Trinajstić information content (AvgIpc) is 2.47. The second kappa shape index (κ2) is 5.69. The normalized spacial score (nSPS) is 26.4. The molecular formula is C15H16O4. The molecule has 0 saturated carbocycles. The number of rotatable bonds is 3. The Morgan fingerprint density at radius 2 is 2.11 bits per heavy atom. The topological polar surface area (TPSA) is 52.6 Å². The van der Waals surface area contributed by atoms with Gasteiger partial charge in [0.2, 0.25) is 0 Å². The van der Waals surface area contributed by atoms with Gasteiger partial charge in [-0.2, -0.15) is 0 Å². The summed E-state index contributed by atoms with van der Waals surface area (Å²) in [5, 5.41) is 0. The van der Waals surface area contributed by atoms with Crippen LogP contribution in [-0.4, -0.2) is 19.0 Å². The smallest absolute Gasteiger partial charge is 0.320 e. The number of carbonyl (C=O) groups excluding carboxylic acids is 2. The lowest BCUT2D eigenvalue weighted by molar-refractivity contribution is -0.173. The van der Waals surface area contributed by atoms with Gasteiger partial charge in [0.25, 0.3) is 0 Å². The van der Waals surface area contributed by atoms with Crippen LogP contribution in [0.3, 0.4) is 0 Å². The van der Waals surface area contributed by atoms with Gasteiger partial charge in [0.05, 0.1) is 7.11 Å². The molecule has 3 atom stereocenters. The van der Waals surface area contributed by atoms with Crippen molar-refractivity contribution in [3.8, 4) is 0 Å². The molecule has 0 bridgehead atoms. The summed E-state index contributed by atoms with van der Waals surface area (Å²) in [5.41, 5.74) is 0.907. The summed E-state index contributed by atoms with van der Waals surface area (Å²) in [4.78, 5) is 23.4. The molecule has 1 aromatic carbocycles. The van der Waals surface area contributed by atoms with E-state index in [1.807, 2.05) is 30.3 Å². The van der Waals surface area contributed by atoms with Crippen LogP contribution in [0.5, 0.6) is 0 Å². The largest absolute Gasteiger partial charge is 0.468 e. The van der Waals surface area contributed by atoms with Crippen LogP contribution in [0.25, 0.3) is 0 Å². The average molecular weight is 260 g/mol. The van der Waals surface area contributed by atoms with E-state index in [0.717, 1.165) is 5.56 Å². The number of benzene rings is 1. The molecular weight excluding hydrogens is 244 g/mol. The third kappa shape index (κ3) is 2.67. The van der Waals surface area contributed by atoms with Gasteiger partial charge in [0, 0.05) is 5.92 Å².